The van der Waals surface area contributed by atoms with Gasteiger partial charge >= 0.3 is 5.97 Å². The molecule has 0 aromatic carbocycles. The lowest BCUT2D eigenvalue weighted by molar-refractivity contribution is -0.157. The van der Waals surface area contributed by atoms with E-state index in [-0.39, 0.29) is 5.97 Å². The van der Waals surface area contributed by atoms with Gasteiger partial charge in [0.25, 0.3) is 0 Å². The highest BCUT2D eigenvalue weighted by atomic mass is 16.5. The van der Waals surface area contributed by atoms with Gasteiger partial charge in [-0.25, -0.2) is 0 Å². The Morgan fingerprint density at radius 2 is 2.00 bits per heavy atom. The molecule has 3 heteroatoms. The first-order valence-electron chi connectivity index (χ1n) is 4.88. The number of aliphatic hydroxyl groups is 1. The smallest absolute Gasteiger partial charge is 0.311 e. The minimum absolute atomic E-state index is 0.295. The van der Waals surface area contributed by atoms with Gasteiger partial charge in [-0.05, 0) is 26.7 Å². The molecule has 0 saturated heterocycles. The van der Waals surface area contributed by atoms with E-state index < -0.39 is 11.5 Å². The summed E-state index contributed by atoms with van der Waals surface area (Å²) in [5.74, 6) is -0.700. The van der Waals surface area contributed by atoms with Crippen LogP contribution in [-0.4, -0.2) is 23.3 Å². The van der Waals surface area contributed by atoms with Gasteiger partial charge in [0.2, 0.25) is 0 Å². The molecule has 1 N–H and O–H groups in total. The van der Waals surface area contributed by atoms with Crippen LogP contribution in [0.5, 0.6) is 0 Å². The van der Waals surface area contributed by atoms with Crippen molar-refractivity contribution in [2.75, 3.05) is 6.61 Å². The van der Waals surface area contributed by atoms with E-state index in [1.807, 2.05) is 13.8 Å². The van der Waals surface area contributed by atoms with E-state index in [2.05, 4.69) is 0 Å². The van der Waals surface area contributed by atoms with Crippen molar-refractivity contribution in [1.82, 2.24) is 0 Å². The fraction of sp³-hybridized carbons (Fsp3) is 0.900. The van der Waals surface area contributed by atoms with Crippen molar-refractivity contribution in [3.05, 3.63) is 0 Å². The first kappa shape index (κ1) is 12.4. The predicted octanol–water partition coefficient (Wildman–Crippen LogP) is 1.74. The van der Waals surface area contributed by atoms with Crippen LogP contribution in [0.2, 0.25) is 0 Å². The number of rotatable bonds is 5. The zero-order valence-electron chi connectivity index (χ0n) is 8.96. The Labute approximate surface area is 80.1 Å². The minimum Gasteiger partial charge on any atom is -0.466 e. The molecule has 0 aliphatic carbocycles. The van der Waals surface area contributed by atoms with E-state index in [1.54, 1.807) is 13.8 Å². The molecule has 3 nitrogen and oxygen atoms in total. The molecule has 0 bridgehead atoms. The Balaban J connectivity index is 4.40. The van der Waals surface area contributed by atoms with Crippen LogP contribution in [0.3, 0.4) is 0 Å². The summed E-state index contributed by atoms with van der Waals surface area (Å²) < 4.78 is 4.88. The van der Waals surface area contributed by atoms with Crippen molar-refractivity contribution in [2.24, 2.45) is 5.92 Å². The van der Waals surface area contributed by atoms with Crippen LogP contribution in [-0.2, 0) is 9.53 Å². The summed E-state index contributed by atoms with van der Waals surface area (Å²) in [6.45, 7) is 7.56. The summed E-state index contributed by atoms with van der Waals surface area (Å²) >= 11 is 0. The van der Waals surface area contributed by atoms with Gasteiger partial charge in [-0.1, -0.05) is 13.8 Å². The van der Waals surface area contributed by atoms with Crippen molar-refractivity contribution in [2.45, 2.75) is 46.1 Å². The molecule has 0 spiro atoms. The Hall–Kier alpha value is -0.570. The number of ether oxygens (including phenoxy) is 1. The molecule has 0 rings (SSSR count). The standard InChI is InChI=1S/C10H20O3/c1-5-8(9(11)13-7-3)10(4,12)6-2/h8,12H,5-7H2,1-4H3. The summed E-state index contributed by atoms with van der Waals surface area (Å²) in [5, 5.41) is 9.88. The SMILES string of the molecule is CCOC(=O)C(CC)C(C)(O)CC. The largest absolute Gasteiger partial charge is 0.466 e. The van der Waals surface area contributed by atoms with E-state index in [0.29, 0.717) is 19.4 Å². The fourth-order valence-corrected chi connectivity index (χ4v) is 1.35. The van der Waals surface area contributed by atoms with Crippen molar-refractivity contribution in [3.8, 4) is 0 Å². The first-order chi connectivity index (χ1) is 5.99. The van der Waals surface area contributed by atoms with Crippen LogP contribution in [0.4, 0.5) is 0 Å². The Morgan fingerprint density at radius 1 is 1.46 bits per heavy atom. The molecule has 0 fully saturated rings. The summed E-state index contributed by atoms with van der Waals surface area (Å²) in [6.07, 6.45) is 1.17. The van der Waals surface area contributed by atoms with Gasteiger partial charge in [0.1, 0.15) is 0 Å². The van der Waals surface area contributed by atoms with Crippen LogP contribution in [0.25, 0.3) is 0 Å². The topological polar surface area (TPSA) is 46.5 Å². The first-order valence-corrected chi connectivity index (χ1v) is 4.88. The lowest BCUT2D eigenvalue weighted by Gasteiger charge is -2.29. The third-order valence-electron chi connectivity index (χ3n) is 2.45. The number of hydrogen-bond acceptors (Lipinski definition) is 3. The highest BCUT2D eigenvalue weighted by Gasteiger charge is 2.35. The quantitative estimate of drug-likeness (QED) is 0.668. The van der Waals surface area contributed by atoms with E-state index in [4.69, 9.17) is 4.74 Å². The monoisotopic (exact) mass is 188 g/mol. The molecule has 0 radical (unpaired) electrons. The highest BCUT2D eigenvalue weighted by molar-refractivity contribution is 5.73. The second-order valence-corrected chi connectivity index (χ2v) is 3.42. The third-order valence-corrected chi connectivity index (χ3v) is 2.45. The maximum absolute atomic E-state index is 11.4. The van der Waals surface area contributed by atoms with Gasteiger partial charge in [-0.15, -0.1) is 0 Å². The van der Waals surface area contributed by atoms with Crippen molar-refractivity contribution in [3.63, 3.8) is 0 Å². The Bertz CT molecular complexity index is 164. The van der Waals surface area contributed by atoms with E-state index in [0.717, 1.165) is 0 Å². The van der Waals surface area contributed by atoms with Gasteiger partial charge in [-0.2, -0.15) is 0 Å². The molecule has 0 saturated carbocycles. The molecular formula is C10H20O3. The predicted molar refractivity (Wildman–Crippen MR) is 51.3 cm³/mol. The molecule has 78 valence electrons. The molecule has 0 aromatic rings. The van der Waals surface area contributed by atoms with Gasteiger partial charge < -0.3 is 9.84 Å². The lowest BCUT2D eigenvalue weighted by Crippen LogP contribution is -2.39. The van der Waals surface area contributed by atoms with Gasteiger partial charge in [0.15, 0.2) is 0 Å². The highest BCUT2D eigenvalue weighted by Crippen LogP contribution is 2.24. The molecule has 0 aliphatic rings. The molecule has 0 amide bonds. The zero-order valence-corrected chi connectivity index (χ0v) is 8.96. The van der Waals surface area contributed by atoms with Crippen molar-refractivity contribution < 1.29 is 14.6 Å². The zero-order chi connectivity index (χ0) is 10.5. The molecular weight excluding hydrogens is 168 g/mol. The summed E-state index contributed by atoms with van der Waals surface area (Å²) in [6, 6.07) is 0. The maximum atomic E-state index is 11.4. The number of carbonyl (C=O) groups is 1. The molecule has 0 heterocycles. The van der Waals surface area contributed by atoms with E-state index in [1.165, 1.54) is 0 Å². The number of hydrogen-bond donors (Lipinski definition) is 1. The summed E-state index contributed by atoms with van der Waals surface area (Å²) in [7, 11) is 0. The van der Waals surface area contributed by atoms with E-state index >= 15 is 0 Å². The second kappa shape index (κ2) is 5.22. The van der Waals surface area contributed by atoms with Gasteiger partial charge in [-0.3, -0.25) is 4.79 Å². The second-order valence-electron chi connectivity index (χ2n) is 3.42. The van der Waals surface area contributed by atoms with Crippen LogP contribution in [0.1, 0.15) is 40.5 Å². The van der Waals surface area contributed by atoms with Gasteiger partial charge in [0.05, 0.1) is 18.1 Å². The summed E-state index contributed by atoms with van der Waals surface area (Å²) in [5.41, 5.74) is -0.943. The minimum atomic E-state index is -0.943. The maximum Gasteiger partial charge on any atom is 0.311 e. The number of esters is 1. The van der Waals surface area contributed by atoms with Crippen molar-refractivity contribution in [1.29, 1.82) is 0 Å². The van der Waals surface area contributed by atoms with Crippen molar-refractivity contribution >= 4 is 5.97 Å². The molecule has 13 heavy (non-hydrogen) atoms. The van der Waals surface area contributed by atoms with Gasteiger partial charge in [0, 0.05) is 0 Å². The Kier molecular flexibility index (Phi) is 4.99. The molecule has 2 unspecified atom stereocenters. The Morgan fingerprint density at radius 3 is 2.31 bits per heavy atom. The molecule has 2 atom stereocenters. The van der Waals surface area contributed by atoms with E-state index in [9.17, 15) is 9.90 Å². The average Bonchev–Trinajstić information content (AvgIpc) is 2.05. The normalized spacial score (nSPS) is 17.6. The summed E-state index contributed by atoms with van der Waals surface area (Å²) in [4.78, 5) is 11.4. The molecule has 0 aliphatic heterocycles. The third kappa shape index (κ3) is 3.35. The molecule has 0 aromatic heterocycles. The lowest BCUT2D eigenvalue weighted by atomic mass is 9.85. The van der Waals surface area contributed by atoms with Crippen LogP contribution in [0.15, 0.2) is 0 Å². The van der Waals surface area contributed by atoms with Crippen LogP contribution in [0, 0.1) is 5.92 Å². The fourth-order valence-electron chi connectivity index (χ4n) is 1.35. The number of carbonyl (C=O) groups excluding carboxylic acids is 1. The van der Waals surface area contributed by atoms with Crippen LogP contribution >= 0.6 is 0 Å². The van der Waals surface area contributed by atoms with Crippen LogP contribution < -0.4 is 0 Å². The average molecular weight is 188 g/mol.